The standard InChI is InChI=1S/C14H19FINO2/c1-18-14(19-2)10-5-7-17(8-6-10)13-4-3-11(16)9-12(13)15/h3-4,9-10,14H,5-8H2,1-2H3. The average Bonchev–Trinajstić information content (AvgIpc) is 2.41. The van der Waals surface area contributed by atoms with E-state index in [1.54, 1.807) is 20.3 Å². The van der Waals surface area contributed by atoms with Crippen LogP contribution in [0.15, 0.2) is 18.2 Å². The van der Waals surface area contributed by atoms with Crippen LogP contribution in [0.2, 0.25) is 0 Å². The van der Waals surface area contributed by atoms with Crippen LogP contribution in [0.3, 0.4) is 0 Å². The largest absolute Gasteiger partial charge is 0.369 e. The molecule has 0 spiro atoms. The summed E-state index contributed by atoms with van der Waals surface area (Å²) < 4.78 is 25.5. The van der Waals surface area contributed by atoms with E-state index in [-0.39, 0.29) is 12.1 Å². The molecule has 5 heteroatoms. The van der Waals surface area contributed by atoms with E-state index in [0.29, 0.717) is 11.6 Å². The Morgan fingerprint density at radius 1 is 1.26 bits per heavy atom. The quantitative estimate of drug-likeness (QED) is 0.592. The van der Waals surface area contributed by atoms with Crippen LogP contribution in [-0.2, 0) is 9.47 Å². The first-order valence-corrected chi connectivity index (χ1v) is 7.49. The zero-order valence-electron chi connectivity index (χ0n) is 11.2. The Balaban J connectivity index is 1.99. The second-order valence-corrected chi connectivity index (χ2v) is 6.01. The Kier molecular flexibility index (Phi) is 5.41. The topological polar surface area (TPSA) is 21.7 Å². The van der Waals surface area contributed by atoms with Gasteiger partial charge in [-0.25, -0.2) is 4.39 Å². The highest BCUT2D eigenvalue weighted by Gasteiger charge is 2.27. The van der Waals surface area contributed by atoms with Crippen molar-refractivity contribution in [1.29, 1.82) is 0 Å². The smallest absolute Gasteiger partial charge is 0.159 e. The number of nitrogens with zero attached hydrogens (tertiary/aromatic N) is 1. The van der Waals surface area contributed by atoms with Crippen molar-refractivity contribution in [3.8, 4) is 0 Å². The lowest BCUT2D eigenvalue weighted by molar-refractivity contribution is -0.141. The molecule has 0 saturated carbocycles. The third kappa shape index (κ3) is 3.58. The SMILES string of the molecule is COC(OC)C1CCN(c2ccc(I)cc2F)CC1. The fraction of sp³-hybridized carbons (Fsp3) is 0.571. The number of benzene rings is 1. The van der Waals surface area contributed by atoms with Crippen LogP contribution < -0.4 is 4.90 Å². The van der Waals surface area contributed by atoms with Crippen LogP contribution in [-0.4, -0.2) is 33.6 Å². The second kappa shape index (κ2) is 6.85. The Bertz CT molecular complexity index is 418. The zero-order chi connectivity index (χ0) is 13.8. The molecule has 0 aromatic heterocycles. The van der Waals surface area contributed by atoms with E-state index in [1.165, 1.54) is 0 Å². The third-order valence-electron chi connectivity index (χ3n) is 3.64. The second-order valence-electron chi connectivity index (χ2n) is 4.76. The minimum Gasteiger partial charge on any atom is -0.369 e. The summed E-state index contributed by atoms with van der Waals surface area (Å²) in [4.78, 5) is 2.10. The Labute approximate surface area is 127 Å². The van der Waals surface area contributed by atoms with Crippen molar-refractivity contribution < 1.29 is 13.9 Å². The molecular formula is C14H19FINO2. The Morgan fingerprint density at radius 2 is 1.89 bits per heavy atom. The van der Waals surface area contributed by atoms with E-state index < -0.39 is 0 Å². The molecule has 1 aliphatic rings. The number of anilines is 1. The number of rotatable bonds is 4. The number of hydrogen-bond acceptors (Lipinski definition) is 3. The molecule has 1 aliphatic heterocycles. The maximum Gasteiger partial charge on any atom is 0.159 e. The monoisotopic (exact) mass is 379 g/mol. The molecule has 2 rings (SSSR count). The lowest BCUT2D eigenvalue weighted by Gasteiger charge is -2.36. The number of ether oxygens (including phenoxy) is 2. The molecule has 106 valence electrons. The summed E-state index contributed by atoms with van der Waals surface area (Å²) in [6, 6.07) is 5.38. The lowest BCUT2D eigenvalue weighted by Crippen LogP contribution is -2.39. The molecule has 0 N–H and O–H groups in total. The number of hydrogen-bond donors (Lipinski definition) is 0. The average molecular weight is 379 g/mol. The fourth-order valence-corrected chi connectivity index (χ4v) is 3.08. The van der Waals surface area contributed by atoms with Gasteiger partial charge in [-0.1, -0.05) is 0 Å². The van der Waals surface area contributed by atoms with Gasteiger partial charge in [0, 0.05) is 36.8 Å². The minimum atomic E-state index is -0.149. The zero-order valence-corrected chi connectivity index (χ0v) is 13.4. The molecule has 3 nitrogen and oxygen atoms in total. The number of piperidine rings is 1. The summed E-state index contributed by atoms with van der Waals surface area (Å²) in [6.07, 6.45) is 1.76. The summed E-state index contributed by atoms with van der Waals surface area (Å²) >= 11 is 2.12. The highest BCUT2D eigenvalue weighted by Crippen LogP contribution is 2.28. The highest BCUT2D eigenvalue weighted by molar-refractivity contribution is 14.1. The summed E-state index contributed by atoms with van der Waals surface area (Å²) in [5.41, 5.74) is 0.699. The molecule has 0 amide bonds. The summed E-state index contributed by atoms with van der Waals surface area (Å²) in [6.45, 7) is 1.68. The molecule has 19 heavy (non-hydrogen) atoms. The van der Waals surface area contributed by atoms with Gasteiger partial charge in [0.05, 0.1) is 5.69 Å². The van der Waals surface area contributed by atoms with Crippen molar-refractivity contribution in [2.75, 3.05) is 32.2 Å². The van der Waals surface area contributed by atoms with Crippen molar-refractivity contribution in [3.63, 3.8) is 0 Å². The van der Waals surface area contributed by atoms with Crippen LogP contribution in [0.1, 0.15) is 12.8 Å². The van der Waals surface area contributed by atoms with E-state index in [2.05, 4.69) is 27.5 Å². The van der Waals surface area contributed by atoms with Gasteiger partial charge >= 0.3 is 0 Å². The van der Waals surface area contributed by atoms with Crippen LogP contribution >= 0.6 is 22.6 Å². The van der Waals surface area contributed by atoms with Gasteiger partial charge in [-0.3, -0.25) is 0 Å². The molecule has 1 saturated heterocycles. The molecule has 0 atom stereocenters. The van der Waals surface area contributed by atoms with Gasteiger partial charge < -0.3 is 14.4 Å². The van der Waals surface area contributed by atoms with Gasteiger partial charge in [0.1, 0.15) is 5.82 Å². The van der Waals surface area contributed by atoms with Gasteiger partial charge in [-0.2, -0.15) is 0 Å². The van der Waals surface area contributed by atoms with Crippen molar-refractivity contribution >= 4 is 28.3 Å². The summed E-state index contributed by atoms with van der Waals surface area (Å²) in [7, 11) is 3.33. The first-order valence-electron chi connectivity index (χ1n) is 6.41. The van der Waals surface area contributed by atoms with Gasteiger partial charge in [0.25, 0.3) is 0 Å². The number of methoxy groups -OCH3 is 2. The first-order chi connectivity index (χ1) is 9.15. The Hall–Kier alpha value is -0.400. The maximum atomic E-state index is 13.9. The molecule has 0 aliphatic carbocycles. The van der Waals surface area contributed by atoms with Gasteiger partial charge in [-0.05, 0) is 53.6 Å². The van der Waals surface area contributed by atoms with Crippen LogP contribution in [0.4, 0.5) is 10.1 Å². The van der Waals surface area contributed by atoms with Crippen molar-refractivity contribution in [1.82, 2.24) is 0 Å². The molecule has 0 unspecified atom stereocenters. The van der Waals surface area contributed by atoms with Crippen LogP contribution in [0.5, 0.6) is 0 Å². The molecule has 1 aromatic carbocycles. The fourth-order valence-electron chi connectivity index (χ4n) is 2.63. The lowest BCUT2D eigenvalue weighted by atomic mass is 9.95. The van der Waals surface area contributed by atoms with E-state index in [4.69, 9.17) is 9.47 Å². The van der Waals surface area contributed by atoms with Gasteiger partial charge in [0.15, 0.2) is 6.29 Å². The van der Waals surface area contributed by atoms with Gasteiger partial charge in [0.2, 0.25) is 0 Å². The summed E-state index contributed by atoms with van der Waals surface area (Å²) in [5, 5.41) is 0. The van der Waals surface area contributed by atoms with E-state index in [0.717, 1.165) is 29.5 Å². The Morgan fingerprint density at radius 3 is 2.42 bits per heavy atom. The third-order valence-corrected chi connectivity index (χ3v) is 4.31. The molecule has 1 heterocycles. The normalized spacial score (nSPS) is 17.2. The van der Waals surface area contributed by atoms with E-state index in [1.807, 2.05) is 12.1 Å². The molecule has 0 bridgehead atoms. The van der Waals surface area contributed by atoms with E-state index >= 15 is 0 Å². The van der Waals surface area contributed by atoms with Crippen LogP contribution in [0, 0.1) is 15.3 Å². The molecule has 1 aromatic rings. The van der Waals surface area contributed by atoms with Crippen molar-refractivity contribution in [2.45, 2.75) is 19.1 Å². The van der Waals surface area contributed by atoms with E-state index in [9.17, 15) is 4.39 Å². The molecular weight excluding hydrogens is 360 g/mol. The predicted octanol–water partition coefficient (Wildman–Crippen LogP) is 3.27. The van der Waals surface area contributed by atoms with Crippen molar-refractivity contribution in [2.24, 2.45) is 5.92 Å². The maximum absolute atomic E-state index is 13.9. The molecule has 0 radical (unpaired) electrons. The van der Waals surface area contributed by atoms with Gasteiger partial charge in [-0.15, -0.1) is 0 Å². The van der Waals surface area contributed by atoms with Crippen LogP contribution in [0.25, 0.3) is 0 Å². The number of halogens is 2. The minimum absolute atomic E-state index is 0.139. The highest BCUT2D eigenvalue weighted by atomic mass is 127. The molecule has 1 fully saturated rings. The summed E-state index contributed by atoms with van der Waals surface area (Å²) in [5.74, 6) is 0.249. The predicted molar refractivity (Wildman–Crippen MR) is 81.9 cm³/mol. The van der Waals surface area contributed by atoms with Crippen molar-refractivity contribution in [3.05, 3.63) is 27.6 Å². The first kappa shape index (κ1) is 15.0.